The Kier molecular flexibility index (Phi) is 4.98. The lowest BCUT2D eigenvalue weighted by atomic mass is 10.1. The van der Waals surface area contributed by atoms with Crippen LogP contribution in [-0.2, 0) is 6.42 Å². The molecule has 0 spiro atoms. The van der Waals surface area contributed by atoms with Gasteiger partial charge in [-0.05, 0) is 18.9 Å². The van der Waals surface area contributed by atoms with Crippen molar-refractivity contribution in [1.29, 1.82) is 0 Å². The number of rotatable bonds is 6. The summed E-state index contributed by atoms with van der Waals surface area (Å²) in [5.74, 6) is 1.84. The molecule has 0 aliphatic heterocycles. The molecule has 0 amide bonds. The van der Waals surface area contributed by atoms with Gasteiger partial charge in [-0.25, -0.2) is 4.98 Å². The molecule has 5 heteroatoms. The van der Waals surface area contributed by atoms with Gasteiger partial charge in [0.1, 0.15) is 11.6 Å². The highest BCUT2D eigenvalue weighted by Crippen LogP contribution is 2.04. The van der Waals surface area contributed by atoms with E-state index in [0.29, 0.717) is 24.1 Å². The van der Waals surface area contributed by atoms with E-state index in [0.717, 1.165) is 19.4 Å². The first kappa shape index (κ1) is 12.7. The van der Waals surface area contributed by atoms with Gasteiger partial charge in [-0.2, -0.15) is 0 Å². The van der Waals surface area contributed by atoms with Gasteiger partial charge in [-0.1, -0.05) is 13.8 Å². The first-order chi connectivity index (χ1) is 7.65. The summed E-state index contributed by atoms with van der Waals surface area (Å²) in [7, 11) is 0. The van der Waals surface area contributed by atoms with Crippen molar-refractivity contribution in [2.75, 3.05) is 18.4 Å². The average Bonchev–Trinajstić information content (AvgIpc) is 2.26. The number of hydrogen-bond acceptors (Lipinski definition) is 4. The van der Waals surface area contributed by atoms with Crippen LogP contribution >= 0.6 is 0 Å². The lowest BCUT2D eigenvalue weighted by Gasteiger charge is -2.11. The van der Waals surface area contributed by atoms with Crippen molar-refractivity contribution in [3.05, 3.63) is 22.2 Å². The highest BCUT2D eigenvalue weighted by atomic mass is 16.1. The smallest absolute Gasteiger partial charge is 0.252 e. The number of nitrogens with one attached hydrogen (secondary N) is 2. The average molecular weight is 224 g/mol. The molecule has 1 rings (SSSR count). The maximum absolute atomic E-state index is 11.3. The molecule has 0 bridgehead atoms. The predicted octanol–water partition coefficient (Wildman–Crippen LogP) is 0.729. The Bertz CT molecular complexity index is 374. The Labute approximate surface area is 95.5 Å². The van der Waals surface area contributed by atoms with Gasteiger partial charge in [0, 0.05) is 19.0 Å². The molecule has 1 aromatic rings. The van der Waals surface area contributed by atoms with Gasteiger partial charge in [-0.3, -0.25) is 4.79 Å². The van der Waals surface area contributed by atoms with Gasteiger partial charge in [0.25, 0.3) is 5.56 Å². The summed E-state index contributed by atoms with van der Waals surface area (Å²) >= 11 is 0. The van der Waals surface area contributed by atoms with E-state index in [1.54, 1.807) is 0 Å². The fraction of sp³-hybridized carbons (Fsp3) is 0.636. The fourth-order valence-corrected chi connectivity index (χ4v) is 1.43. The zero-order chi connectivity index (χ0) is 12.0. The number of hydrogen-bond donors (Lipinski definition) is 3. The molecular weight excluding hydrogens is 204 g/mol. The van der Waals surface area contributed by atoms with Crippen LogP contribution in [0, 0.1) is 5.92 Å². The van der Waals surface area contributed by atoms with Crippen molar-refractivity contribution in [3.8, 4) is 0 Å². The van der Waals surface area contributed by atoms with Gasteiger partial charge < -0.3 is 16.0 Å². The lowest BCUT2D eigenvalue weighted by molar-refractivity contribution is 0.567. The lowest BCUT2D eigenvalue weighted by Crippen LogP contribution is -2.18. The summed E-state index contributed by atoms with van der Waals surface area (Å²) in [5.41, 5.74) is 5.36. The Hall–Kier alpha value is -1.36. The maximum atomic E-state index is 11.3. The zero-order valence-electron chi connectivity index (χ0n) is 9.92. The molecule has 0 aliphatic rings. The summed E-state index contributed by atoms with van der Waals surface area (Å²) in [6.07, 6.45) is 1.69. The van der Waals surface area contributed by atoms with Crippen LogP contribution in [0.1, 0.15) is 26.1 Å². The third-order valence-corrected chi connectivity index (χ3v) is 2.42. The van der Waals surface area contributed by atoms with Crippen LogP contribution in [0.4, 0.5) is 5.82 Å². The second kappa shape index (κ2) is 6.27. The van der Waals surface area contributed by atoms with E-state index in [1.165, 1.54) is 6.07 Å². The summed E-state index contributed by atoms with van der Waals surface area (Å²) < 4.78 is 0. The Balaban J connectivity index is 2.59. The first-order valence-corrected chi connectivity index (χ1v) is 5.69. The summed E-state index contributed by atoms with van der Waals surface area (Å²) in [6.45, 7) is 5.55. The van der Waals surface area contributed by atoms with Gasteiger partial charge in [-0.15, -0.1) is 0 Å². The molecule has 1 aromatic heterocycles. The minimum absolute atomic E-state index is 0.110. The molecule has 90 valence electrons. The second-order valence-electron chi connectivity index (χ2n) is 3.99. The van der Waals surface area contributed by atoms with E-state index in [9.17, 15) is 4.79 Å². The van der Waals surface area contributed by atoms with E-state index in [4.69, 9.17) is 5.73 Å². The number of aromatic nitrogens is 2. The normalized spacial score (nSPS) is 12.4. The largest absolute Gasteiger partial charge is 0.370 e. The molecule has 16 heavy (non-hydrogen) atoms. The number of anilines is 1. The topological polar surface area (TPSA) is 83.8 Å². The molecule has 4 N–H and O–H groups in total. The van der Waals surface area contributed by atoms with E-state index < -0.39 is 0 Å². The number of aromatic amines is 1. The predicted molar refractivity (Wildman–Crippen MR) is 65.6 cm³/mol. The Morgan fingerprint density at radius 1 is 1.62 bits per heavy atom. The number of nitrogens with zero attached hydrogens (tertiary/aromatic N) is 1. The number of nitrogens with two attached hydrogens (primary N) is 1. The molecule has 0 aliphatic carbocycles. The van der Waals surface area contributed by atoms with Gasteiger partial charge in [0.15, 0.2) is 0 Å². The van der Waals surface area contributed by atoms with Crippen LogP contribution in [0.5, 0.6) is 0 Å². The molecule has 1 atom stereocenters. The van der Waals surface area contributed by atoms with Crippen molar-refractivity contribution in [3.63, 3.8) is 0 Å². The van der Waals surface area contributed by atoms with Crippen LogP contribution in [0.2, 0.25) is 0 Å². The van der Waals surface area contributed by atoms with E-state index >= 15 is 0 Å². The van der Waals surface area contributed by atoms with Crippen molar-refractivity contribution in [2.45, 2.75) is 26.7 Å². The molecule has 5 nitrogen and oxygen atoms in total. The minimum atomic E-state index is -0.110. The van der Waals surface area contributed by atoms with Gasteiger partial charge in [0.2, 0.25) is 0 Å². The van der Waals surface area contributed by atoms with Gasteiger partial charge >= 0.3 is 0 Å². The Morgan fingerprint density at radius 2 is 2.38 bits per heavy atom. The molecular formula is C11H20N4O. The molecule has 1 heterocycles. The van der Waals surface area contributed by atoms with Crippen molar-refractivity contribution in [2.24, 2.45) is 11.7 Å². The van der Waals surface area contributed by atoms with E-state index in [2.05, 4.69) is 22.2 Å². The van der Waals surface area contributed by atoms with Crippen LogP contribution in [0.25, 0.3) is 0 Å². The quantitative estimate of drug-likeness (QED) is 0.665. The van der Waals surface area contributed by atoms with Crippen LogP contribution in [-0.4, -0.2) is 23.1 Å². The van der Waals surface area contributed by atoms with Crippen molar-refractivity contribution in [1.82, 2.24) is 9.97 Å². The summed E-state index contributed by atoms with van der Waals surface area (Å²) in [4.78, 5) is 18.3. The van der Waals surface area contributed by atoms with E-state index in [1.807, 2.05) is 6.92 Å². The van der Waals surface area contributed by atoms with Crippen LogP contribution in [0.3, 0.4) is 0 Å². The summed E-state index contributed by atoms with van der Waals surface area (Å²) in [6, 6.07) is 1.48. The van der Waals surface area contributed by atoms with Gasteiger partial charge in [0.05, 0.1) is 0 Å². The molecule has 0 fully saturated rings. The Morgan fingerprint density at radius 3 is 3.00 bits per heavy atom. The molecule has 0 radical (unpaired) electrons. The fourth-order valence-electron chi connectivity index (χ4n) is 1.43. The SMILES string of the molecule is CCc1nc(NCC(C)CCN)cc(=O)[nH]1. The molecule has 0 aromatic carbocycles. The number of aryl methyl sites for hydroxylation is 1. The standard InChI is InChI=1S/C11H20N4O/c1-3-9-14-10(6-11(16)15-9)13-7-8(2)4-5-12/h6,8H,3-5,7,12H2,1-2H3,(H2,13,14,15,16). The van der Waals surface area contributed by atoms with Crippen molar-refractivity contribution < 1.29 is 0 Å². The van der Waals surface area contributed by atoms with Crippen LogP contribution in [0.15, 0.2) is 10.9 Å². The van der Waals surface area contributed by atoms with Crippen LogP contribution < -0.4 is 16.6 Å². The summed E-state index contributed by atoms with van der Waals surface area (Å²) in [5, 5.41) is 3.16. The highest BCUT2D eigenvalue weighted by molar-refractivity contribution is 5.32. The van der Waals surface area contributed by atoms with Crippen molar-refractivity contribution >= 4 is 5.82 Å². The first-order valence-electron chi connectivity index (χ1n) is 5.69. The molecule has 0 saturated heterocycles. The molecule has 1 unspecified atom stereocenters. The second-order valence-corrected chi connectivity index (χ2v) is 3.99. The third kappa shape index (κ3) is 4.02. The maximum Gasteiger partial charge on any atom is 0.252 e. The molecule has 0 saturated carbocycles. The zero-order valence-corrected chi connectivity index (χ0v) is 9.92. The highest BCUT2D eigenvalue weighted by Gasteiger charge is 2.03. The number of H-pyrrole nitrogens is 1. The third-order valence-electron chi connectivity index (χ3n) is 2.42. The minimum Gasteiger partial charge on any atom is -0.370 e. The monoisotopic (exact) mass is 224 g/mol. The van der Waals surface area contributed by atoms with E-state index in [-0.39, 0.29) is 5.56 Å².